The Hall–Kier alpha value is -2.77. The first-order chi connectivity index (χ1) is 11.9. The van der Waals surface area contributed by atoms with Crippen LogP contribution in [0.3, 0.4) is 0 Å². The largest absolute Gasteiger partial charge is 0.622 e. The highest BCUT2D eigenvalue weighted by atomic mass is 16.6. The van der Waals surface area contributed by atoms with Gasteiger partial charge in [0, 0.05) is 30.2 Å². The molecule has 1 heterocycles. The molecule has 2 aromatic carbocycles. The van der Waals surface area contributed by atoms with E-state index in [-0.39, 0.29) is 5.69 Å². The molecule has 1 N–H and O–H groups in total. The fourth-order valence-electron chi connectivity index (χ4n) is 3.33. The molecule has 7 heteroatoms. The molecule has 0 unspecified atom stereocenters. The Balaban J connectivity index is 2.19. The quantitative estimate of drug-likeness (QED) is 0.399. The summed E-state index contributed by atoms with van der Waals surface area (Å²) in [5.74, 6) is 0. The number of nitro benzene ring substituents is 1. The second-order valence-corrected chi connectivity index (χ2v) is 6.14. The predicted octanol–water partition coefficient (Wildman–Crippen LogP) is 3.25. The summed E-state index contributed by atoms with van der Waals surface area (Å²) < 4.78 is 0.759. The van der Waals surface area contributed by atoms with Gasteiger partial charge in [0.1, 0.15) is 6.04 Å². The van der Waals surface area contributed by atoms with Crippen molar-refractivity contribution in [1.29, 1.82) is 0 Å². The van der Waals surface area contributed by atoms with Crippen molar-refractivity contribution >= 4 is 11.4 Å². The third kappa shape index (κ3) is 2.57. The molecule has 25 heavy (non-hydrogen) atoms. The van der Waals surface area contributed by atoms with E-state index in [9.17, 15) is 20.5 Å². The van der Waals surface area contributed by atoms with Gasteiger partial charge in [-0.1, -0.05) is 31.2 Å². The van der Waals surface area contributed by atoms with Crippen LogP contribution in [0.5, 0.6) is 0 Å². The summed E-state index contributed by atoms with van der Waals surface area (Å²) in [6.07, 6.45) is 0.518. The molecular formula is C18H19N3O4. The van der Waals surface area contributed by atoms with Crippen molar-refractivity contribution in [1.82, 2.24) is 5.06 Å². The van der Waals surface area contributed by atoms with E-state index in [2.05, 4.69) is 0 Å². The molecule has 0 saturated carbocycles. The molecule has 0 radical (unpaired) electrons. The first kappa shape index (κ1) is 17.1. The highest BCUT2D eigenvalue weighted by Gasteiger charge is 2.55. The van der Waals surface area contributed by atoms with Crippen LogP contribution in [-0.4, -0.2) is 31.7 Å². The summed E-state index contributed by atoms with van der Waals surface area (Å²) in [5, 5.41) is 36.1. The van der Waals surface area contributed by atoms with Crippen molar-refractivity contribution in [2.45, 2.75) is 32.0 Å². The Morgan fingerprint density at radius 3 is 2.52 bits per heavy atom. The Bertz CT molecular complexity index is 837. The van der Waals surface area contributed by atoms with Crippen LogP contribution in [0.1, 0.15) is 31.4 Å². The molecule has 7 nitrogen and oxygen atoms in total. The lowest BCUT2D eigenvalue weighted by Crippen LogP contribution is -2.46. The summed E-state index contributed by atoms with van der Waals surface area (Å²) in [5.41, 5.74) is -0.0415. The number of hydrogen-bond acceptors (Lipinski definition) is 5. The number of hydroxylamine groups is 3. The van der Waals surface area contributed by atoms with Gasteiger partial charge < -0.3 is 10.4 Å². The van der Waals surface area contributed by atoms with Crippen molar-refractivity contribution in [2.24, 2.45) is 0 Å². The van der Waals surface area contributed by atoms with E-state index in [4.69, 9.17) is 0 Å². The maximum Gasteiger partial charge on any atom is 0.274 e. The van der Waals surface area contributed by atoms with E-state index in [1.807, 2.05) is 37.3 Å². The molecule has 2 atom stereocenters. The summed E-state index contributed by atoms with van der Waals surface area (Å²) in [6, 6.07) is 14.4. The molecule has 1 aliphatic heterocycles. The molecule has 0 bridgehead atoms. The van der Waals surface area contributed by atoms with Crippen molar-refractivity contribution in [2.75, 3.05) is 0 Å². The predicted molar refractivity (Wildman–Crippen MR) is 92.3 cm³/mol. The van der Waals surface area contributed by atoms with Crippen LogP contribution < -0.4 is 0 Å². The zero-order valence-electron chi connectivity index (χ0n) is 14.0. The molecule has 0 aromatic heterocycles. The number of benzene rings is 2. The number of nitrogens with zero attached hydrogens (tertiary/aromatic N) is 3. The van der Waals surface area contributed by atoms with Crippen molar-refractivity contribution in [3.05, 3.63) is 81.0 Å². The maximum atomic E-state index is 13.2. The maximum absolute atomic E-state index is 13.2. The lowest BCUT2D eigenvalue weighted by molar-refractivity contribution is -0.595. The second kappa shape index (κ2) is 6.27. The Morgan fingerprint density at radius 2 is 1.92 bits per heavy atom. The van der Waals surface area contributed by atoms with E-state index in [0.717, 1.165) is 15.4 Å². The number of hydrogen-bond donors (Lipinski definition) is 1. The Labute approximate surface area is 145 Å². The van der Waals surface area contributed by atoms with Crippen LogP contribution in [0, 0.1) is 15.3 Å². The zero-order chi connectivity index (χ0) is 18.2. The highest BCUT2D eigenvalue weighted by molar-refractivity contribution is 6.01. The first-order valence-corrected chi connectivity index (χ1v) is 8.04. The second-order valence-electron chi connectivity index (χ2n) is 6.14. The van der Waals surface area contributed by atoms with E-state index >= 15 is 0 Å². The third-order valence-electron chi connectivity index (χ3n) is 4.73. The minimum atomic E-state index is -1.45. The average Bonchev–Trinajstić information content (AvgIpc) is 2.84. The lowest BCUT2D eigenvalue weighted by Gasteiger charge is -2.30. The normalized spacial score (nSPS) is 23.9. The van der Waals surface area contributed by atoms with Gasteiger partial charge in [0.25, 0.3) is 11.4 Å². The molecule has 1 aliphatic rings. The number of rotatable bonds is 4. The summed E-state index contributed by atoms with van der Waals surface area (Å²) >= 11 is 0. The van der Waals surface area contributed by atoms with Crippen LogP contribution >= 0.6 is 0 Å². The van der Waals surface area contributed by atoms with E-state index in [1.165, 1.54) is 18.2 Å². The summed E-state index contributed by atoms with van der Waals surface area (Å²) in [4.78, 5) is 10.6. The Morgan fingerprint density at radius 1 is 1.24 bits per heavy atom. The minimum Gasteiger partial charge on any atom is -0.622 e. The van der Waals surface area contributed by atoms with E-state index in [0.29, 0.717) is 17.7 Å². The summed E-state index contributed by atoms with van der Waals surface area (Å²) in [6.45, 7) is 3.45. The molecule has 0 spiro atoms. The van der Waals surface area contributed by atoms with Crippen LogP contribution in [0.2, 0.25) is 0 Å². The van der Waals surface area contributed by atoms with Gasteiger partial charge in [-0.3, -0.25) is 10.1 Å². The van der Waals surface area contributed by atoms with Crippen LogP contribution in [0.4, 0.5) is 5.69 Å². The minimum absolute atomic E-state index is 0.123. The zero-order valence-corrected chi connectivity index (χ0v) is 14.0. The highest BCUT2D eigenvalue weighted by Crippen LogP contribution is 2.38. The topological polar surface area (TPSA) is 92.7 Å². The molecular weight excluding hydrogens is 322 g/mol. The fourth-order valence-corrected chi connectivity index (χ4v) is 3.33. The number of non-ortho nitro benzene ring substituents is 1. The van der Waals surface area contributed by atoms with Crippen LogP contribution in [0.25, 0.3) is 0 Å². The Kier molecular flexibility index (Phi) is 4.28. The van der Waals surface area contributed by atoms with Crippen LogP contribution in [0.15, 0.2) is 54.6 Å². The van der Waals surface area contributed by atoms with Gasteiger partial charge >= 0.3 is 0 Å². The van der Waals surface area contributed by atoms with Crippen LogP contribution in [-0.2, 0) is 5.66 Å². The smallest absolute Gasteiger partial charge is 0.274 e. The lowest BCUT2D eigenvalue weighted by atomic mass is 10.00. The standard InChI is InChI=1S/C18H19N3O4/c1-3-16-17(13-8-5-4-6-9-13)20(23)18(2,19(16)22)14-10-7-11-15(12-14)21(24)25/h4-12,16,22H,3H2,1-2H3/t16-,18+/m1/s1. The monoisotopic (exact) mass is 341 g/mol. The molecule has 0 aliphatic carbocycles. The van der Waals surface area contributed by atoms with E-state index in [1.54, 1.807) is 13.0 Å². The van der Waals surface area contributed by atoms with Crippen molar-refractivity contribution < 1.29 is 14.9 Å². The van der Waals surface area contributed by atoms with Gasteiger partial charge in [-0.05, 0) is 24.6 Å². The number of nitro groups is 1. The van der Waals surface area contributed by atoms with Gasteiger partial charge in [0.05, 0.1) is 4.92 Å². The van der Waals surface area contributed by atoms with Gasteiger partial charge in [0.15, 0.2) is 0 Å². The van der Waals surface area contributed by atoms with Gasteiger partial charge in [-0.2, -0.15) is 4.74 Å². The van der Waals surface area contributed by atoms with E-state index < -0.39 is 16.6 Å². The first-order valence-electron chi connectivity index (χ1n) is 8.04. The summed E-state index contributed by atoms with van der Waals surface area (Å²) in [7, 11) is 0. The third-order valence-corrected chi connectivity index (χ3v) is 4.73. The van der Waals surface area contributed by atoms with Crippen molar-refractivity contribution in [3.8, 4) is 0 Å². The van der Waals surface area contributed by atoms with Gasteiger partial charge in [-0.15, -0.1) is 5.06 Å². The molecule has 2 aromatic rings. The fraction of sp³-hybridized carbons (Fsp3) is 0.278. The molecule has 0 fully saturated rings. The SMILES string of the molecule is CC[C@@H]1C(c2ccccc2)=[N+]([O-])[C@@](C)(c2cccc([N+](=O)[O-])c2)N1O. The van der Waals surface area contributed by atoms with Crippen molar-refractivity contribution in [3.63, 3.8) is 0 Å². The molecule has 0 saturated heterocycles. The molecule has 3 rings (SSSR count). The average molecular weight is 341 g/mol. The molecule has 130 valence electrons. The van der Waals surface area contributed by atoms with Gasteiger partial charge in [0.2, 0.25) is 5.71 Å². The molecule has 0 amide bonds. The van der Waals surface area contributed by atoms with Gasteiger partial charge in [-0.25, -0.2) is 0 Å².